The molecule has 6 nitrogen and oxygen atoms in total. The minimum absolute atomic E-state index is 0.134. The Morgan fingerprint density at radius 2 is 1.85 bits per heavy atom. The SMILES string of the molecule is Cc1cc(C(=O)NOCCOc2ccccc2)nn1-c1ccccc1F. The summed E-state index contributed by atoms with van der Waals surface area (Å²) in [5.41, 5.74) is 3.35. The quantitative estimate of drug-likeness (QED) is 0.523. The molecule has 2 aromatic carbocycles. The van der Waals surface area contributed by atoms with Gasteiger partial charge >= 0.3 is 0 Å². The summed E-state index contributed by atoms with van der Waals surface area (Å²) in [4.78, 5) is 17.2. The predicted octanol–water partition coefficient (Wildman–Crippen LogP) is 3.06. The molecule has 1 heterocycles. The van der Waals surface area contributed by atoms with Gasteiger partial charge in [-0.15, -0.1) is 0 Å². The minimum atomic E-state index is -0.511. The van der Waals surface area contributed by atoms with Gasteiger partial charge in [0.05, 0.1) is 0 Å². The normalized spacial score (nSPS) is 10.5. The van der Waals surface area contributed by atoms with Crippen LogP contribution in [0.3, 0.4) is 0 Å². The van der Waals surface area contributed by atoms with Crippen LogP contribution >= 0.6 is 0 Å². The highest BCUT2D eigenvalue weighted by molar-refractivity contribution is 5.91. The molecular formula is C19H18FN3O3. The van der Waals surface area contributed by atoms with Crippen molar-refractivity contribution in [3.63, 3.8) is 0 Å². The number of nitrogens with one attached hydrogen (secondary N) is 1. The molecule has 0 aliphatic rings. The number of para-hydroxylation sites is 2. The lowest BCUT2D eigenvalue weighted by Crippen LogP contribution is -2.26. The first-order valence-electron chi connectivity index (χ1n) is 8.06. The summed E-state index contributed by atoms with van der Waals surface area (Å²) in [6, 6.07) is 17.1. The van der Waals surface area contributed by atoms with Crippen molar-refractivity contribution in [2.75, 3.05) is 13.2 Å². The molecule has 0 saturated heterocycles. The van der Waals surface area contributed by atoms with Crippen molar-refractivity contribution in [3.05, 3.63) is 77.9 Å². The predicted molar refractivity (Wildman–Crippen MR) is 93.6 cm³/mol. The van der Waals surface area contributed by atoms with E-state index in [1.165, 1.54) is 10.7 Å². The first-order valence-corrected chi connectivity index (χ1v) is 8.06. The third kappa shape index (κ3) is 4.25. The average molecular weight is 355 g/mol. The largest absolute Gasteiger partial charge is 0.491 e. The Hall–Kier alpha value is -3.19. The Morgan fingerprint density at radius 3 is 2.62 bits per heavy atom. The molecule has 0 saturated carbocycles. The molecule has 7 heteroatoms. The van der Waals surface area contributed by atoms with E-state index in [0.717, 1.165) is 5.75 Å². The smallest absolute Gasteiger partial charge is 0.295 e. The van der Waals surface area contributed by atoms with Gasteiger partial charge in [0.25, 0.3) is 5.91 Å². The van der Waals surface area contributed by atoms with E-state index in [1.54, 1.807) is 31.2 Å². The Bertz CT molecular complexity index is 881. The van der Waals surface area contributed by atoms with Crippen LogP contribution in [0.5, 0.6) is 5.75 Å². The van der Waals surface area contributed by atoms with Crippen molar-refractivity contribution in [3.8, 4) is 11.4 Å². The Morgan fingerprint density at radius 1 is 1.12 bits per heavy atom. The van der Waals surface area contributed by atoms with Crippen molar-refractivity contribution >= 4 is 5.91 Å². The first-order chi connectivity index (χ1) is 12.6. The number of hydrogen-bond acceptors (Lipinski definition) is 4. The second-order valence-corrected chi connectivity index (χ2v) is 5.48. The van der Waals surface area contributed by atoms with Crippen LogP contribution in [0, 0.1) is 12.7 Å². The fourth-order valence-electron chi connectivity index (χ4n) is 2.34. The molecule has 0 aliphatic carbocycles. The molecule has 134 valence electrons. The van der Waals surface area contributed by atoms with Crippen molar-refractivity contribution in [1.29, 1.82) is 0 Å². The molecule has 0 bridgehead atoms. The van der Waals surface area contributed by atoms with Crippen LogP contribution in [-0.2, 0) is 4.84 Å². The zero-order valence-corrected chi connectivity index (χ0v) is 14.2. The van der Waals surface area contributed by atoms with Gasteiger partial charge in [-0.1, -0.05) is 30.3 Å². The number of amides is 1. The van der Waals surface area contributed by atoms with E-state index in [2.05, 4.69) is 10.6 Å². The number of carbonyl (C=O) groups is 1. The summed E-state index contributed by atoms with van der Waals surface area (Å²) in [5, 5.41) is 4.14. The number of benzene rings is 2. The van der Waals surface area contributed by atoms with Gasteiger partial charge in [0.1, 0.15) is 30.5 Å². The molecule has 0 spiro atoms. The molecule has 0 fully saturated rings. The lowest BCUT2D eigenvalue weighted by Gasteiger charge is -2.07. The van der Waals surface area contributed by atoms with Crippen molar-refractivity contribution in [2.45, 2.75) is 6.92 Å². The fourth-order valence-corrected chi connectivity index (χ4v) is 2.34. The number of aromatic nitrogens is 2. The molecule has 0 aliphatic heterocycles. The summed E-state index contributed by atoms with van der Waals surface area (Å²) in [5.74, 6) is -0.204. The topological polar surface area (TPSA) is 65.4 Å². The third-order valence-electron chi connectivity index (χ3n) is 3.56. The van der Waals surface area contributed by atoms with Crippen LogP contribution in [0.4, 0.5) is 4.39 Å². The van der Waals surface area contributed by atoms with Crippen molar-refractivity contribution < 1.29 is 18.8 Å². The van der Waals surface area contributed by atoms with Gasteiger partial charge in [0.2, 0.25) is 0 Å². The zero-order valence-electron chi connectivity index (χ0n) is 14.2. The molecule has 0 atom stereocenters. The summed E-state index contributed by atoms with van der Waals surface area (Å²) in [7, 11) is 0. The van der Waals surface area contributed by atoms with Crippen LogP contribution in [0.2, 0.25) is 0 Å². The van der Waals surface area contributed by atoms with Gasteiger partial charge in [-0.05, 0) is 37.3 Å². The molecule has 0 radical (unpaired) electrons. The lowest BCUT2D eigenvalue weighted by atomic mass is 10.3. The van der Waals surface area contributed by atoms with Crippen LogP contribution < -0.4 is 10.2 Å². The summed E-state index contributed by atoms with van der Waals surface area (Å²) in [6.45, 7) is 2.20. The number of halogens is 1. The number of ether oxygens (including phenoxy) is 1. The second-order valence-electron chi connectivity index (χ2n) is 5.48. The minimum Gasteiger partial charge on any atom is -0.491 e. The van der Waals surface area contributed by atoms with E-state index < -0.39 is 11.7 Å². The maximum atomic E-state index is 13.9. The molecule has 26 heavy (non-hydrogen) atoms. The molecule has 0 unspecified atom stereocenters. The number of nitrogens with zero attached hydrogens (tertiary/aromatic N) is 2. The monoisotopic (exact) mass is 355 g/mol. The van der Waals surface area contributed by atoms with Gasteiger partial charge in [-0.3, -0.25) is 9.63 Å². The van der Waals surface area contributed by atoms with E-state index in [-0.39, 0.29) is 24.6 Å². The van der Waals surface area contributed by atoms with E-state index in [1.807, 2.05) is 30.3 Å². The molecular weight excluding hydrogens is 337 g/mol. The van der Waals surface area contributed by atoms with Gasteiger partial charge in [-0.25, -0.2) is 14.6 Å². The van der Waals surface area contributed by atoms with Crippen LogP contribution in [0.1, 0.15) is 16.2 Å². The summed E-state index contributed by atoms with van der Waals surface area (Å²) >= 11 is 0. The van der Waals surface area contributed by atoms with Gasteiger partial charge < -0.3 is 4.74 Å². The third-order valence-corrected chi connectivity index (χ3v) is 3.56. The molecule has 3 rings (SSSR count). The van der Waals surface area contributed by atoms with Crippen molar-refractivity contribution in [2.24, 2.45) is 0 Å². The molecule has 1 aromatic heterocycles. The summed E-state index contributed by atoms with van der Waals surface area (Å²) < 4.78 is 20.7. The highest BCUT2D eigenvalue weighted by Crippen LogP contribution is 2.15. The van der Waals surface area contributed by atoms with Crippen LogP contribution in [-0.4, -0.2) is 28.9 Å². The van der Waals surface area contributed by atoms with Crippen LogP contribution in [0.15, 0.2) is 60.7 Å². The molecule has 1 N–H and O–H groups in total. The van der Waals surface area contributed by atoms with E-state index in [0.29, 0.717) is 5.69 Å². The number of hydroxylamine groups is 1. The van der Waals surface area contributed by atoms with Crippen molar-refractivity contribution in [1.82, 2.24) is 15.3 Å². The standard InChI is InChI=1S/C19H18FN3O3/c1-14-13-17(21-23(14)18-10-6-5-9-16(18)20)19(24)22-26-12-11-25-15-7-3-2-4-8-15/h2-10,13H,11-12H2,1H3,(H,22,24). The van der Waals surface area contributed by atoms with Gasteiger partial charge in [0.15, 0.2) is 5.69 Å². The maximum Gasteiger partial charge on any atom is 0.295 e. The Labute approximate surface area is 150 Å². The van der Waals surface area contributed by atoms with Gasteiger partial charge in [-0.2, -0.15) is 5.10 Å². The van der Waals surface area contributed by atoms with E-state index in [4.69, 9.17) is 9.57 Å². The van der Waals surface area contributed by atoms with Gasteiger partial charge in [0, 0.05) is 5.69 Å². The van der Waals surface area contributed by atoms with E-state index in [9.17, 15) is 9.18 Å². The number of rotatable bonds is 7. The molecule has 1 amide bonds. The highest BCUT2D eigenvalue weighted by Gasteiger charge is 2.15. The second kappa shape index (κ2) is 8.26. The number of carbonyl (C=O) groups excluding carboxylic acids is 1. The molecule has 3 aromatic rings. The zero-order chi connectivity index (χ0) is 18.4. The van der Waals surface area contributed by atoms with E-state index >= 15 is 0 Å². The summed E-state index contributed by atoms with van der Waals surface area (Å²) in [6.07, 6.45) is 0. The first kappa shape index (κ1) is 17.6. The number of hydrogen-bond donors (Lipinski definition) is 1. The Balaban J connectivity index is 1.52. The van der Waals surface area contributed by atoms with Crippen LogP contribution in [0.25, 0.3) is 5.69 Å². The lowest BCUT2D eigenvalue weighted by molar-refractivity contribution is 0.0196. The maximum absolute atomic E-state index is 13.9. The Kier molecular flexibility index (Phi) is 5.60. The average Bonchev–Trinajstić information content (AvgIpc) is 3.04. The number of aryl methyl sites for hydroxylation is 1. The highest BCUT2D eigenvalue weighted by atomic mass is 19.1. The fraction of sp³-hybridized carbons (Fsp3) is 0.158.